The topological polar surface area (TPSA) is 25.8 Å². The van der Waals surface area contributed by atoms with Gasteiger partial charge in [0, 0.05) is 22.3 Å². The third kappa shape index (κ3) is 2.47. The second-order valence-corrected chi connectivity index (χ2v) is 4.13. The first-order chi connectivity index (χ1) is 6.84. The van der Waals surface area contributed by atoms with Crippen LogP contribution in [-0.4, -0.2) is 9.97 Å². The van der Waals surface area contributed by atoms with Gasteiger partial charge in [-0.2, -0.15) is 0 Å². The predicted molar refractivity (Wildman–Crippen MR) is 57.6 cm³/mol. The van der Waals surface area contributed by atoms with E-state index in [0.717, 1.165) is 14.9 Å². The summed E-state index contributed by atoms with van der Waals surface area (Å²) in [4.78, 5) is 9.26. The van der Waals surface area contributed by atoms with Crippen molar-refractivity contribution in [1.29, 1.82) is 0 Å². The molecule has 1 aromatic heterocycles. The Bertz CT molecular complexity index is 402. The molecule has 70 valence electrons. The van der Waals surface area contributed by atoms with Gasteiger partial charge in [-0.3, -0.25) is 4.98 Å². The van der Waals surface area contributed by atoms with E-state index in [0.29, 0.717) is 0 Å². The summed E-state index contributed by atoms with van der Waals surface area (Å²) in [6, 6.07) is 7.64. The predicted octanol–water partition coefficient (Wildman–Crippen LogP) is 3.28. The molecule has 14 heavy (non-hydrogen) atoms. The van der Waals surface area contributed by atoms with Gasteiger partial charge in [-0.1, -0.05) is 23.4 Å². The van der Waals surface area contributed by atoms with Crippen LogP contribution in [0.3, 0.4) is 0 Å². The quantitative estimate of drug-likeness (QED) is 0.780. The molecule has 0 N–H and O–H groups in total. The summed E-state index contributed by atoms with van der Waals surface area (Å²) in [7, 11) is 0. The van der Waals surface area contributed by atoms with Crippen LogP contribution in [0.5, 0.6) is 0 Å². The Balaban J connectivity index is 2.16. The molecule has 0 aliphatic rings. The summed E-state index contributed by atoms with van der Waals surface area (Å²) in [6.45, 7) is 0. The number of rotatable bonds is 2. The number of hydrogen-bond acceptors (Lipinski definition) is 3. The van der Waals surface area contributed by atoms with E-state index in [1.165, 1.54) is 0 Å². The molecule has 0 amide bonds. The van der Waals surface area contributed by atoms with Crippen LogP contribution in [0.1, 0.15) is 0 Å². The Kier molecular flexibility index (Phi) is 3.01. The molecule has 0 atom stereocenters. The van der Waals surface area contributed by atoms with Crippen LogP contribution < -0.4 is 0 Å². The monoisotopic (exact) mass is 222 g/mol. The zero-order valence-corrected chi connectivity index (χ0v) is 8.79. The zero-order valence-electron chi connectivity index (χ0n) is 7.22. The highest BCUT2D eigenvalue weighted by Gasteiger charge is 1.97. The molecule has 1 heterocycles. The third-order valence-corrected chi connectivity index (χ3v) is 2.76. The molecule has 0 fully saturated rings. The van der Waals surface area contributed by atoms with E-state index in [-0.39, 0.29) is 0 Å². The third-order valence-electron chi connectivity index (χ3n) is 1.58. The number of halogens is 1. The Morgan fingerprint density at radius 2 is 1.86 bits per heavy atom. The lowest BCUT2D eigenvalue weighted by atomic mass is 10.4. The lowest BCUT2D eigenvalue weighted by Gasteiger charge is -1.99. The van der Waals surface area contributed by atoms with Crippen molar-refractivity contribution in [1.82, 2.24) is 9.97 Å². The van der Waals surface area contributed by atoms with Gasteiger partial charge in [0.25, 0.3) is 0 Å². The van der Waals surface area contributed by atoms with Gasteiger partial charge in [0.1, 0.15) is 5.03 Å². The fourth-order valence-electron chi connectivity index (χ4n) is 0.962. The molecule has 4 heteroatoms. The average Bonchev–Trinajstić information content (AvgIpc) is 2.23. The maximum atomic E-state index is 5.78. The van der Waals surface area contributed by atoms with Gasteiger partial charge in [0.15, 0.2) is 0 Å². The Morgan fingerprint density at radius 3 is 2.50 bits per heavy atom. The summed E-state index contributed by atoms with van der Waals surface area (Å²) in [6.07, 6.45) is 5.07. The van der Waals surface area contributed by atoms with Gasteiger partial charge in [-0.25, -0.2) is 4.98 Å². The molecule has 0 spiro atoms. The first-order valence-corrected chi connectivity index (χ1v) is 5.23. The largest absolute Gasteiger partial charge is 0.260 e. The summed E-state index contributed by atoms with van der Waals surface area (Å²) in [5.74, 6) is 0. The number of nitrogens with zero attached hydrogens (tertiary/aromatic N) is 2. The van der Waals surface area contributed by atoms with Gasteiger partial charge in [0.2, 0.25) is 0 Å². The normalized spacial score (nSPS) is 10.1. The van der Waals surface area contributed by atoms with Crippen molar-refractivity contribution in [3.05, 3.63) is 47.9 Å². The summed E-state index contributed by atoms with van der Waals surface area (Å²) in [5.41, 5.74) is 0. The van der Waals surface area contributed by atoms with E-state index in [1.807, 2.05) is 24.3 Å². The zero-order chi connectivity index (χ0) is 9.80. The Hall–Kier alpha value is -1.06. The first kappa shape index (κ1) is 9.49. The average molecular weight is 223 g/mol. The van der Waals surface area contributed by atoms with Crippen LogP contribution in [0.2, 0.25) is 5.02 Å². The SMILES string of the molecule is Clc1ccc(Sc2cnccn2)cc1. The molecule has 0 aliphatic heterocycles. The molecule has 0 radical (unpaired) electrons. The van der Waals surface area contributed by atoms with Crippen molar-refractivity contribution in [2.45, 2.75) is 9.92 Å². The lowest BCUT2D eigenvalue weighted by molar-refractivity contribution is 1.05. The summed E-state index contributed by atoms with van der Waals surface area (Å²) in [5, 5.41) is 1.63. The van der Waals surface area contributed by atoms with Crippen molar-refractivity contribution in [3.8, 4) is 0 Å². The standard InChI is InChI=1S/C10H7ClN2S/c11-8-1-3-9(4-2-8)14-10-7-12-5-6-13-10/h1-7H. The highest BCUT2D eigenvalue weighted by molar-refractivity contribution is 7.99. The van der Waals surface area contributed by atoms with E-state index in [2.05, 4.69) is 9.97 Å². The van der Waals surface area contributed by atoms with Gasteiger partial charge in [-0.15, -0.1) is 0 Å². The lowest BCUT2D eigenvalue weighted by Crippen LogP contribution is -1.79. The van der Waals surface area contributed by atoms with Crippen molar-refractivity contribution in [2.24, 2.45) is 0 Å². The van der Waals surface area contributed by atoms with Crippen LogP contribution in [0, 0.1) is 0 Å². The molecular formula is C10H7ClN2S. The van der Waals surface area contributed by atoms with Crippen molar-refractivity contribution in [2.75, 3.05) is 0 Å². The maximum Gasteiger partial charge on any atom is 0.119 e. The Morgan fingerprint density at radius 1 is 1.07 bits per heavy atom. The minimum Gasteiger partial charge on any atom is -0.260 e. The minimum atomic E-state index is 0.744. The number of aromatic nitrogens is 2. The van der Waals surface area contributed by atoms with Crippen molar-refractivity contribution >= 4 is 23.4 Å². The second kappa shape index (κ2) is 4.44. The molecule has 0 saturated carbocycles. The summed E-state index contributed by atoms with van der Waals surface area (Å²) < 4.78 is 0. The van der Waals surface area contributed by atoms with E-state index in [1.54, 1.807) is 30.4 Å². The van der Waals surface area contributed by atoms with Crippen molar-refractivity contribution < 1.29 is 0 Å². The highest BCUT2D eigenvalue weighted by Crippen LogP contribution is 2.25. The van der Waals surface area contributed by atoms with Crippen LogP contribution >= 0.6 is 23.4 Å². The number of hydrogen-bond donors (Lipinski definition) is 0. The Labute approximate surface area is 91.4 Å². The van der Waals surface area contributed by atoms with Crippen LogP contribution in [0.15, 0.2) is 52.8 Å². The smallest absolute Gasteiger partial charge is 0.119 e. The first-order valence-electron chi connectivity index (χ1n) is 4.04. The fourth-order valence-corrected chi connectivity index (χ4v) is 1.83. The molecule has 2 aromatic rings. The molecule has 0 saturated heterocycles. The van der Waals surface area contributed by atoms with Crippen LogP contribution in [0.25, 0.3) is 0 Å². The molecule has 2 nitrogen and oxygen atoms in total. The maximum absolute atomic E-state index is 5.78. The molecule has 1 aromatic carbocycles. The van der Waals surface area contributed by atoms with Gasteiger partial charge in [-0.05, 0) is 24.3 Å². The van der Waals surface area contributed by atoms with Crippen molar-refractivity contribution in [3.63, 3.8) is 0 Å². The number of benzene rings is 1. The van der Waals surface area contributed by atoms with E-state index in [9.17, 15) is 0 Å². The summed E-state index contributed by atoms with van der Waals surface area (Å²) >= 11 is 7.34. The van der Waals surface area contributed by atoms with Gasteiger partial charge < -0.3 is 0 Å². The molecule has 2 rings (SSSR count). The molecular weight excluding hydrogens is 216 g/mol. The van der Waals surface area contributed by atoms with Gasteiger partial charge in [0.05, 0.1) is 6.20 Å². The van der Waals surface area contributed by atoms with E-state index < -0.39 is 0 Å². The van der Waals surface area contributed by atoms with Gasteiger partial charge >= 0.3 is 0 Å². The van der Waals surface area contributed by atoms with Crippen LogP contribution in [-0.2, 0) is 0 Å². The second-order valence-electron chi connectivity index (χ2n) is 2.60. The van der Waals surface area contributed by atoms with E-state index in [4.69, 9.17) is 11.6 Å². The molecule has 0 unspecified atom stereocenters. The fraction of sp³-hybridized carbons (Fsp3) is 0. The van der Waals surface area contributed by atoms with E-state index >= 15 is 0 Å². The molecule has 0 bridgehead atoms. The molecule has 0 aliphatic carbocycles. The minimum absolute atomic E-state index is 0.744. The highest BCUT2D eigenvalue weighted by atomic mass is 35.5. The van der Waals surface area contributed by atoms with Crippen LogP contribution in [0.4, 0.5) is 0 Å².